The number of aromatic nitrogens is 2. The van der Waals surface area contributed by atoms with Crippen LogP contribution in [0.25, 0.3) is 10.9 Å². The van der Waals surface area contributed by atoms with Gasteiger partial charge in [-0.3, -0.25) is 9.36 Å². The third-order valence-electron chi connectivity index (χ3n) is 3.13. The van der Waals surface area contributed by atoms with Crippen molar-refractivity contribution in [2.24, 2.45) is 5.41 Å². The van der Waals surface area contributed by atoms with Crippen molar-refractivity contribution in [3.63, 3.8) is 0 Å². The van der Waals surface area contributed by atoms with Crippen LogP contribution in [0.4, 0.5) is 5.69 Å². The second kappa shape index (κ2) is 4.73. The van der Waals surface area contributed by atoms with Gasteiger partial charge < -0.3 is 5.73 Å². The number of nitriles is 1. The van der Waals surface area contributed by atoms with Gasteiger partial charge in [0.15, 0.2) is 0 Å². The summed E-state index contributed by atoms with van der Waals surface area (Å²) in [6.07, 6.45) is 2.12. The average molecular weight is 256 g/mol. The number of fused-ring (bicyclic) bond motifs is 1. The number of benzene rings is 1. The van der Waals surface area contributed by atoms with Gasteiger partial charge in [-0.2, -0.15) is 5.26 Å². The summed E-state index contributed by atoms with van der Waals surface area (Å²) in [6, 6.07) is 7.31. The second-order valence-corrected chi connectivity index (χ2v) is 5.27. The van der Waals surface area contributed by atoms with Gasteiger partial charge in [-0.05, 0) is 38.5 Å². The van der Waals surface area contributed by atoms with Gasteiger partial charge in [-0.25, -0.2) is 4.98 Å². The fourth-order valence-electron chi connectivity index (χ4n) is 1.79. The molecule has 0 aliphatic rings. The van der Waals surface area contributed by atoms with E-state index in [4.69, 9.17) is 11.0 Å². The van der Waals surface area contributed by atoms with Crippen molar-refractivity contribution in [1.82, 2.24) is 9.55 Å². The normalized spacial score (nSPS) is 11.4. The number of nitrogens with two attached hydrogens (primary N) is 1. The summed E-state index contributed by atoms with van der Waals surface area (Å²) in [5.41, 5.74) is 6.29. The molecule has 1 aromatic carbocycles. The molecule has 98 valence electrons. The molecule has 2 aromatic rings. The van der Waals surface area contributed by atoms with Gasteiger partial charge in [0.25, 0.3) is 5.56 Å². The summed E-state index contributed by atoms with van der Waals surface area (Å²) < 4.78 is 1.53. The molecule has 0 saturated carbocycles. The lowest BCUT2D eigenvalue weighted by molar-refractivity contribution is 0.408. The molecule has 2 rings (SSSR count). The molecule has 0 unspecified atom stereocenters. The van der Waals surface area contributed by atoms with Crippen LogP contribution in [0.5, 0.6) is 0 Å². The quantitative estimate of drug-likeness (QED) is 0.850. The molecule has 0 amide bonds. The summed E-state index contributed by atoms with van der Waals surface area (Å²) >= 11 is 0. The minimum absolute atomic E-state index is 0.119. The van der Waals surface area contributed by atoms with Crippen molar-refractivity contribution < 1.29 is 0 Å². The third-order valence-corrected chi connectivity index (χ3v) is 3.13. The maximum Gasteiger partial charge on any atom is 0.261 e. The highest BCUT2D eigenvalue weighted by atomic mass is 16.1. The van der Waals surface area contributed by atoms with Crippen molar-refractivity contribution in [3.05, 3.63) is 34.9 Å². The van der Waals surface area contributed by atoms with Crippen LogP contribution >= 0.6 is 0 Å². The van der Waals surface area contributed by atoms with Crippen molar-refractivity contribution >= 4 is 16.6 Å². The molecule has 5 heteroatoms. The Bertz CT molecular complexity index is 709. The molecule has 0 spiro atoms. The van der Waals surface area contributed by atoms with E-state index in [0.717, 1.165) is 0 Å². The first-order valence-corrected chi connectivity index (χ1v) is 6.09. The van der Waals surface area contributed by atoms with Gasteiger partial charge in [0.1, 0.15) is 0 Å². The molecule has 0 aliphatic heterocycles. The van der Waals surface area contributed by atoms with E-state index in [0.29, 0.717) is 29.6 Å². The molecule has 0 radical (unpaired) electrons. The van der Waals surface area contributed by atoms with E-state index in [2.05, 4.69) is 11.1 Å². The first-order chi connectivity index (χ1) is 8.93. The number of rotatable bonds is 3. The maximum atomic E-state index is 12.3. The topological polar surface area (TPSA) is 84.7 Å². The fourth-order valence-corrected chi connectivity index (χ4v) is 1.79. The summed E-state index contributed by atoms with van der Waals surface area (Å²) in [5.74, 6) is 0. The molecule has 0 aliphatic carbocycles. The third kappa shape index (κ3) is 2.74. The zero-order chi connectivity index (χ0) is 14.0. The van der Waals surface area contributed by atoms with E-state index in [1.807, 2.05) is 13.8 Å². The van der Waals surface area contributed by atoms with Crippen LogP contribution in [0, 0.1) is 16.7 Å². The largest absolute Gasteiger partial charge is 0.399 e. The first-order valence-electron chi connectivity index (χ1n) is 6.09. The van der Waals surface area contributed by atoms with Crippen molar-refractivity contribution in [2.45, 2.75) is 26.8 Å². The molecular formula is C14H16N4O. The summed E-state index contributed by atoms with van der Waals surface area (Å²) in [5, 5.41) is 9.49. The van der Waals surface area contributed by atoms with E-state index in [1.165, 1.54) is 10.9 Å². The number of aryl methyl sites for hydroxylation is 1. The zero-order valence-electron chi connectivity index (χ0n) is 11.1. The lowest BCUT2D eigenvalue weighted by atomic mass is 9.91. The Kier molecular flexibility index (Phi) is 3.26. The van der Waals surface area contributed by atoms with E-state index < -0.39 is 5.41 Å². The smallest absolute Gasteiger partial charge is 0.261 e. The average Bonchev–Trinajstić information content (AvgIpc) is 2.39. The van der Waals surface area contributed by atoms with Gasteiger partial charge >= 0.3 is 0 Å². The SMILES string of the molecule is CC(C)(C#N)CCn1cnc2ccc(N)cc2c1=O. The van der Waals surface area contributed by atoms with Crippen LogP contribution in [0.1, 0.15) is 20.3 Å². The number of nitrogens with zero attached hydrogens (tertiary/aromatic N) is 3. The van der Waals surface area contributed by atoms with Crippen LogP contribution in [0.3, 0.4) is 0 Å². The highest BCUT2D eigenvalue weighted by Gasteiger charge is 2.17. The lowest BCUT2D eigenvalue weighted by Gasteiger charge is -2.15. The van der Waals surface area contributed by atoms with Crippen LogP contribution in [-0.2, 0) is 6.54 Å². The van der Waals surface area contributed by atoms with Crippen molar-refractivity contribution in [3.8, 4) is 6.07 Å². The highest BCUT2D eigenvalue weighted by molar-refractivity contribution is 5.80. The number of hydrogen-bond acceptors (Lipinski definition) is 4. The Hall–Kier alpha value is -2.35. The molecule has 0 saturated heterocycles. The van der Waals surface area contributed by atoms with Gasteiger partial charge in [0.2, 0.25) is 0 Å². The Labute approximate surface area is 111 Å². The number of nitrogen functional groups attached to an aromatic ring is 1. The van der Waals surface area contributed by atoms with Crippen LogP contribution in [0.15, 0.2) is 29.3 Å². The first kappa shape index (κ1) is 13.1. The summed E-state index contributed by atoms with van der Waals surface area (Å²) in [6.45, 7) is 4.17. The molecule has 19 heavy (non-hydrogen) atoms. The number of anilines is 1. The maximum absolute atomic E-state index is 12.3. The van der Waals surface area contributed by atoms with Gasteiger partial charge in [-0.15, -0.1) is 0 Å². The summed E-state index contributed by atoms with van der Waals surface area (Å²) in [4.78, 5) is 16.5. The fraction of sp³-hybridized carbons (Fsp3) is 0.357. The molecular weight excluding hydrogens is 240 g/mol. The van der Waals surface area contributed by atoms with E-state index >= 15 is 0 Å². The van der Waals surface area contributed by atoms with Crippen molar-refractivity contribution in [1.29, 1.82) is 5.26 Å². The molecule has 0 fully saturated rings. The highest BCUT2D eigenvalue weighted by Crippen LogP contribution is 2.19. The Morgan fingerprint density at radius 2 is 2.21 bits per heavy atom. The predicted molar refractivity (Wildman–Crippen MR) is 74.4 cm³/mol. The van der Waals surface area contributed by atoms with Gasteiger partial charge in [0, 0.05) is 12.2 Å². The molecule has 1 heterocycles. The van der Waals surface area contributed by atoms with E-state index in [9.17, 15) is 4.79 Å². The lowest BCUT2D eigenvalue weighted by Crippen LogP contribution is -2.23. The second-order valence-electron chi connectivity index (χ2n) is 5.27. The van der Waals surface area contributed by atoms with E-state index in [1.54, 1.807) is 18.2 Å². The minimum Gasteiger partial charge on any atom is -0.399 e. The Morgan fingerprint density at radius 3 is 2.89 bits per heavy atom. The van der Waals surface area contributed by atoms with E-state index in [-0.39, 0.29) is 5.56 Å². The zero-order valence-corrected chi connectivity index (χ0v) is 11.1. The van der Waals surface area contributed by atoms with Gasteiger partial charge in [0.05, 0.1) is 28.7 Å². The van der Waals surface area contributed by atoms with Gasteiger partial charge in [-0.1, -0.05) is 0 Å². The number of hydrogen-bond donors (Lipinski definition) is 1. The summed E-state index contributed by atoms with van der Waals surface area (Å²) in [7, 11) is 0. The predicted octanol–water partition coefficient (Wildman–Crippen LogP) is 1.92. The molecule has 2 N–H and O–H groups in total. The monoisotopic (exact) mass is 256 g/mol. The van der Waals surface area contributed by atoms with Crippen molar-refractivity contribution in [2.75, 3.05) is 5.73 Å². The molecule has 1 aromatic heterocycles. The van der Waals surface area contributed by atoms with Crippen LogP contribution < -0.4 is 11.3 Å². The Balaban J connectivity index is 2.38. The Morgan fingerprint density at radius 1 is 1.47 bits per heavy atom. The standard InChI is InChI=1S/C14H16N4O/c1-14(2,8-15)5-6-18-9-17-12-4-3-10(16)7-11(12)13(18)19/h3-4,7,9H,5-6,16H2,1-2H3. The molecule has 0 atom stereocenters. The van der Waals surface area contributed by atoms with Crippen LogP contribution in [0.2, 0.25) is 0 Å². The molecule has 0 bridgehead atoms. The minimum atomic E-state index is -0.454. The van der Waals surface area contributed by atoms with Crippen LogP contribution in [-0.4, -0.2) is 9.55 Å². The molecule has 5 nitrogen and oxygen atoms in total.